The summed E-state index contributed by atoms with van der Waals surface area (Å²) in [5.41, 5.74) is 2.19. The Bertz CT molecular complexity index is 794. The number of hydrogen-bond acceptors (Lipinski definition) is 5. The van der Waals surface area contributed by atoms with Crippen LogP contribution in [0.1, 0.15) is 67.9 Å². The molecule has 0 aromatic heterocycles. The molecule has 0 aliphatic rings. The molecular formula is C22H26O5. The minimum absolute atomic E-state index is 0.0577. The Morgan fingerprint density at radius 3 is 2.15 bits per heavy atom. The van der Waals surface area contributed by atoms with E-state index in [2.05, 4.69) is 0 Å². The van der Waals surface area contributed by atoms with Crippen molar-refractivity contribution >= 4 is 12.1 Å². The van der Waals surface area contributed by atoms with Gasteiger partial charge in [0.15, 0.2) is 11.5 Å². The standard InChI is InChI=1S/C22H26O5/c1-6-25-22(24)27-20-18(15(4)5)12-17(14(2)3)13-19(20)26-21(23)16-10-8-7-9-11-16/h7-15H,6H2,1-5H3. The third kappa shape index (κ3) is 5.33. The van der Waals surface area contributed by atoms with Gasteiger partial charge in [-0.25, -0.2) is 9.59 Å². The van der Waals surface area contributed by atoms with Crippen LogP contribution >= 0.6 is 0 Å². The second-order valence-corrected chi connectivity index (χ2v) is 6.79. The number of ether oxygens (including phenoxy) is 3. The van der Waals surface area contributed by atoms with Gasteiger partial charge in [-0.1, -0.05) is 52.0 Å². The molecule has 5 nitrogen and oxygen atoms in total. The fraction of sp³-hybridized carbons (Fsp3) is 0.364. The molecule has 2 aromatic rings. The molecule has 0 fully saturated rings. The highest BCUT2D eigenvalue weighted by Gasteiger charge is 2.23. The molecule has 0 aliphatic heterocycles. The first-order chi connectivity index (χ1) is 12.8. The van der Waals surface area contributed by atoms with Crippen LogP contribution in [0.5, 0.6) is 11.5 Å². The molecule has 0 saturated carbocycles. The molecule has 27 heavy (non-hydrogen) atoms. The van der Waals surface area contributed by atoms with E-state index >= 15 is 0 Å². The lowest BCUT2D eigenvalue weighted by Gasteiger charge is -2.19. The average molecular weight is 370 g/mol. The maximum absolute atomic E-state index is 12.5. The number of rotatable bonds is 6. The van der Waals surface area contributed by atoms with Crippen molar-refractivity contribution in [2.45, 2.75) is 46.5 Å². The molecule has 0 spiro atoms. The summed E-state index contributed by atoms with van der Waals surface area (Å²) in [4.78, 5) is 24.5. The Morgan fingerprint density at radius 1 is 0.926 bits per heavy atom. The summed E-state index contributed by atoms with van der Waals surface area (Å²) in [6, 6.07) is 12.4. The van der Waals surface area contributed by atoms with Gasteiger partial charge >= 0.3 is 12.1 Å². The van der Waals surface area contributed by atoms with Crippen molar-refractivity contribution < 1.29 is 23.8 Å². The zero-order chi connectivity index (χ0) is 20.0. The smallest absolute Gasteiger partial charge is 0.434 e. The zero-order valence-corrected chi connectivity index (χ0v) is 16.4. The SMILES string of the molecule is CCOC(=O)Oc1c(OC(=O)c2ccccc2)cc(C(C)C)cc1C(C)C. The first-order valence-electron chi connectivity index (χ1n) is 9.13. The Kier molecular flexibility index (Phi) is 6.99. The van der Waals surface area contributed by atoms with Crippen molar-refractivity contribution in [2.24, 2.45) is 0 Å². The number of benzene rings is 2. The van der Waals surface area contributed by atoms with Gasteiger partial charge in [-0.15, -0.1) is 0 Å². The summed E-state index contributed by atoms with van der Waals surface area (Å²) in [5, 5.41) is 0. The predicted molar refractivity (Wildman–Crippen MR) is 104 cm³/mol. The first-order valence-corrected chi connectivity index (χ1v) is 9.13. The van der Waals surface area contributed by atoms with Crippen LogP contribution in [0, 0.1) is 0 Å². The molecule has 0 unspecified atom stereocenters. The first kappa shape index (κ1) is 20.5. The van der Waals surface area contributed by atoms with E-state index in [1.165, 1.54) is 0 Å². The van der Waals surface area contributed by atoms with Crippen molar-refractivity contribution in [3.05, 3.63) is 59.2 Å². The lowest BCUT2D eigenvalue weighted by atomic mass is 9.94. The van der Waals surface area contributed by atoms with E-state index < -0.39 is 12.1 Å². The molecule has 0 bridgehead atoms. The number of carbonyl (C=O) groups is 2. The minimum Gasteiger partial charge on any atom is -0.434 e. The van der Waals surface area contributed by atoms with Crippen LogP contribution in [0.4, 0.5) is 4.79 Å². The molecule has 0 N–H and O–H groups in total. The van der Waals surface area contributed by atoms with Gasteiger partial charge in [-0.3, -0.25) is 0 Å². The summed E-state index contributed by atoms with van der Waals surface area (Å²) in [7, 11) is 0. The highest BCUT2D eigenvalue weighted by Crippen LogP contribution is 2.39. The van der Waals surface area contributed by atoms with Gasteiger partial charge in [0, 0.05) is 5.56 Å². The van der Waals surface area contributed by atoms with Gasteiger partial charge in [-0.05, 0) is 42.5 Å². The lowest BCUT2D eigenvalue weighted by molar-refractivity contribution is 0.0717. The number of carbonyl (C=O) groups excluding carboxylic acids is 2. The molecule has 2 aromatic carbocycles. The second-order valence-electron chi connectivity index (χ2n) is 6.79. The van der Waals surface area contributed by atoms with E-state index in [0.29, 0.717) is 5.56 Å². The molecule has 0 heterocycles. The van der Waals surface area contributed by atoms with Crippen LogP contribution in [0.2, 0.25) is 0 Å². The Labute approximate surface area is 160 Å². The normalized spacial score (nSPS) is 10.8. The molecule has 0 saturated heterocycles. The molecule has 2 rings (SSSR count). The predicted octanol–water partition coefficient (Wildman–Crippen LogP) is 5.69. The lowest BCUT2D eigenvalue weighted by Crippen LogP contribution is -2.15. The summed E-state index contributed by atoms with van der Waals surface area (Å²) in [5.74, 6) is 0.194. The van der Waals surface area contributed by atoms with Crippen molar-refractivity contribution in [1.29, 1.82) is 0 Å². The monoisotopic (exact) mass is 370 g/mol. The quantitative estimate of drug-likeness (QED) is 0.371. The van der Waals surface area contributed by atoms with Crippen LogP contribution in [0.3, 0.4) is 0 Å². The van der Waals surface area contributed by atoms with E-state index in [9.17, 15) is 9.59 Å². The Morgan fingerprint density at radius 2 is 1.59 bits per heavy atom. The third-order valence-electron chi connectivity index (χ3n) is 4.05. The van der Waals surface area contributed by atoms with Gasteiger partial charge in [0.05, 0.1) is 12.2 Å². The van der Waals surface area contributed by atoms with Crippen molar-refractivity contribution in [1.82, 2.24) is 0 Å². The molecule has 0 atom stereocenters. The van der Waals surface area contributed by atoms with Gasteiger partial charge in [0.2, 0.25) is 0 Å². The Hall–Kier alpha value is -2.82. The van der Waals surface area contributed by atoms with Crippen LogP contribution in [-0.4, -0.2) is 18.7 Å². The van der Waals surface area contributed by atoms with Crippen LogP contribution in [0.15, 0.2) is 42.5 Å². The summed E-state index contributed by atoms with van der Waals surface area (Å²) in [6.07, 6.45) is -0.825. The third-order valence-corrected chi connectivity index (χ3v) is 4.05. The summed E-state index contributed by atoms with van der Waals surface area (Å²) < 4.78 is 15.9. The maximum atomic E-state index is 12.5. The molecular weight excluding hydrogens is 344 g/mol. The van der Waals surface area contributed by atoms with Crippen LogP contribution in [-0.2, 0) is 4.74 Å². The summed E-state index contributed by atoms with van der Waals surface area (Å²) >= 11 is 0. The minimum atomic E-state index is -0.825. The summed E-state index contributed by atoms with van der Waals surface area (Å²) in [6.45, 7) is 9.96. The van der Waals surface area contributed by atoms with E-state index in [4.69, 9.17) is 14.2 Å². The zero-order valence-electron chi connectivity index (χ0n) is 16.4. The van der Waals surface area contributed by atoms with E-state index in [1.54, 1.807) is 37.3 Å². The van der Waals surface area contributed by atoms with Gasteiger partial charge in [0.25, 0.3) is 0 Å². The topological polar surface area (TPSA) is 61.8 Å². The highest BCUT2D eigenvalue weighted by atomic mass is 16.7. The second kappa shape index (κ2) is 9.21. The molecule has 144 valence electrons. The molecule has 0 aliphatic carbocycles. The largest absolute Gasteiger partial charge is 0.513 e. The average Bonchev–Trinajstić information content (AvgIpc) is 2.63. The van der Waals surface area contributed by atoms with E-state index in [1.807, 2.05) is 39.8 Å². The van der Waals surface area contributed by atoms with Gasteiger partial charge in [0.1, 0.15) is 0 Å². The van der Waals surface area contributed by atoms with Crippen LogP contribution < -0.4 is 9.47 Å². The van der Waals surface area contributed by atoms with E-state index in [-0.39, 0.29) is 29.9 Å². The fourth-order valence-corrected chi connectivity index (χ4v) is 2.56. The Balaban J connectivity index is 2.50. The van der Waals surface area contributed by atoms with Crippen LogP contribution in [0.25, 0.3) is 0 Å². The molecule has 5 heteroatoms. The molecule has 0 radical (unpaired) electrons. The van der Waals surface area contributed by atoms with Gasteiger partial charge in [-0.2, -0.15) is 0 Å². The van der Waals surface area contributed by atoms with Crippen molar-refractivity contribution in [3.63, 3.8) is 0 Å². The molecule has 0 amide bonds. The maximum Gasteiger partial charge on any atom is 0.513 e. The van der Waals surface area contributed by atoms with Crippen molar-refractivity contribution in [2.75, 3.05) is 6.61 Å². The fourth-order valence-electron chi connectivity index (χ4n) is 2.56. The van der Waals surface area contributed by atoms with E-state index in [0.717, 1.165) is 11.1 Å². The number of esters is 1. The van der Waals surface area contributed by atoms with Crippen molar-refractivity contribution in [3.8, 4) is 11.5 Å². The highest BCUT2D eigenvalue weighted by molar-refractivity contribution is 5.91. The number of hydrogen-bond donors (Lipinski definition) is 0. The van der Waals surface area contributed by atoms with Gasteiger partial charge < -0.3 is 14.2 Å².